The van der Waals surface area contributed by atoms with Gasteiger partial charge in [0, 0.05) is 38.7 Å². The summed E-state index contributed by atoms with van der Waals surface area (Å²) in [6, 6.07) is 52.4. The second-order valence-corrected chi connectivity index (χ2v) is 20.5. The van der Waals surface area contributed by atoms with E-state index in [-0.39, 0.29) is 20.1 Å². The van der Waals surface area contributed by atoms with Crippen LogP contribution in [-0.2, 0) is 20.1 Å². The monoisotopic (exact) mass is 925 g/mol. The minimum Gasteiger partial charge on any atom is -0.501 e. The maximum Gasteiger partial charge on any atom is 0.120 e. The van der Waals surface area contributed by atoms with E-state index in [1.165, 1.54) is 27.4 Å². The summed E-state index contributed by atoms with van der Waals surface area (Å²) >= 11 is 0. The number of imidazole rings is 1. The zero-order valence-electron chi connectivity index (χ0n) is 33.9. The number of hydrogen-bond donors (Lipinski definition) is 0. The molecular weight excluding hydrogens is 879 g/mol. The first-order chi connectivity index (χ1) is 26.9. The number of aryl methyl sites for hydroxylation is 2. The molecule has 56 heavy (non-hydrogen) atoms. The van der Waals surface area contributed by atoms with E-state index in [9.17, 15) is 0 Å². The van der Waals surface area contributed by atoms with Crippen LogP contribution in [0.5, 0.6) is 0 Å². The maximum absolute atomic E-state index is 8.01. The zero-order chi connectivity index (χ0) is 39.2. The van der Waals surface area contributed by atoms with Crippen LogP contribution in [0.25, 0.3) is 72.4 Å². The molecule has 0 atom stereocenters. The van der Waals surface area contributed by atoms with Crippen molar-refractivity contribution in [3.8, 4) is 39.5 Å². The van der Waals surface area contributed by atoms with Gasteiger partial charge in [0.15, 0.2) is 0 Å². The van der Waals surface area contributed by atoms with Crippen molar-refractivity contribution < 1.29 is 25.9 Å². The van der Waals surface area contributed by atoms with Crippen LogP contribution >= 0.6 is 0 Å². The molecule has 0 aliphatic rings. The quantitative estimate of drug-likeness (QED) is 0.123. The summed E-state index contributed by atoms with van der Waals surface area (Å²) in [4.78, 5) is 9.68. The van der Waals surface area contributed by atoms with Crippen LogP contribution in [0.2, 0.25) is 19.6 Å². The summed E-state index contributed by atoms with van der Waals surface area (Å²) in [5.41, 5.74) is 13.4. The van der Waals surface area contributed by atoms with Crippen molar-refractivity contribution in [2.75, 3.05) is 0 Å². The molecule has 0 N–H and O–H groups in total. The third-order valence-corrected chi connectivity index (χ3v) is 12.3. The maximum atomic E-state index is 8.01. The summed E-state index contributed by atoms with van der Waals surface area (Å²) in [5.74, 6) is 0.254. The van der Waals surface area contributed by atoms with E-state index in [4.69, 9.17) is 10.8 Å². The molecule has 0 fully saturated rings. The van der Waals surface area contributed by atoms with E-state index in [1.54, 1.807) is 0 Å². The molecule has 0 aliphatic carbocycles. The average Bonchev–Trinajstić information content (AvgIpc) is 3.77. The van der Waals surface area contributed by atoms with Gasteiger partial charge in [0.1, 0.15) is 5.58 Å². The molecule has 4 nitrogen and oxygen atoms in total. The van der Waals surface area contributed by atoms with Crippen molar-refractivity contribution >= 4 is 46.2 Å². The Morgan fingerprint density at radius 1 is 0.750 bits per heavy atom. The fourth-order valence-corrected chi connectivity index (χ4v) is 8.31. The number of fused-ring (bicyclic) bond motifs is 4. The summed E-state index contributed by atoms with van der Waals surface area (Å²) < 4.78 is 16.7. The van der Waals surface area contributed by atoms with Crippen molar-refractivity contribution in [2.24, 2.45) is 0 Å². The molecule has 0 saturated carbocycles. The normalized spacial score (nSPS) is 11.9. The van der Waals surface area contributed by atoms with E-state index in [0.717, 1.165) is 66.9 Å². The minimum atomic E-state index is -1.29. The molecule has 9 rings (SSSR count). The molecule has 0 spiro atoms. The molecule has 0 unspecified atom stereocenters. The van der Waals surface area contributed by atoms with E-state index < -0.39 is 14.0 Å². The molecular formula is C50H45IrN3OSi-2. The second-order valence-electron chi connectivity index (χ2n) is 15.5. The summed E-state index contributed by atoms with van der Waals surface area (Å²) in [7, 11) is -1.29. The predicted molar refractivity (Wildman–Crippen MR) is 233 cm³/mol. The van der Waals surface area contributed by atoms with Crippen molar-refractivity contribution in [1.82, 2.24) is 14.5 Å². The van der Waals surface area contributed by atoms with Gasteiger partial charge < -0.3 is 14.0 Å². The van der Waals surface area contributed by atoms with Gasteiger partial charge in [0.25, 0.3) is 0 Å². The Hall–Kier alpha value is -5.39. The number of rotatable bonds is 6. The van der Waals surface area contributed by atoms with Crippen LogP contribution in [-0.4, -0.2) is 22.6 Å². The molecule has 3 aromatic heterocycles. The van der Waals surface area contributed by atoms with Gasteiger partial charge in [-0.05, 0) is 77.3 Å². The Bertz CT molecular complexity index is 2750. The van der Waals surface area contributed by atoms with Gasteiger partial charge in [0.05, 0.1) is 30.5 Å². The van der Waals surface area contributed by atoms with Gasteiger partial charge in [-0.3, -0.25) is 4.98 Å². The van der Waals surface area contributed by atoms with E-state index in [0.29, 0.717) is 0 Å². The first-order valence-electron chi connectivity index (χ1n) is 19.3. The topological polar surface area (TPSA) is 43.9 Å². The molecule has 281 valence electrons. The summed E-state index contributed by atoms with van der Waals surface area (Å²) in [6.45, 7) is 15.1. The third-order valence-electron chi connectivity index (χ3n) is 10.2. The van der Waals surface area contributed by atoms with Crippen molar-refractivity contribution in [3.05, 3.63) is 168 Å². The van der Waals surface area contributed by atoms with Gasteiger partial charge in [-0.2, -0.15) is 0 Å². The van der Waals surface area contributed by atoms with Crippen LogP contribution in [0.1, 0.15) is 37.8 Å². The van der Waals surface area contributed by atoms with E-state index in [1.807, 2.05) is 68.6 Å². The number of para-hydroxylation sites is 3. The molecule has 0 amide bonds. The fourth-order valence-electron chi connectivity index (χ4n) is 7.27. The molecule has 3 heterocycles. The number of hydrogen-bond acceptors (Lipinski definition) is 3. The van der Waals surface area contributed by atoms with E-state index in [2.05, 4.69) is 140 Å². The van der Waals surface area contributed by atoms with Crippen molar-refractivity contribution in [2.45, 2.75) is 53.2 Å². The Labute approximate surface area is 346 Å². The smallest absolute Gasteiger partial charge is 0.120 e. The molecule has 0 saturated heterocycles. The Morgan fingerprint density at radius 2 is 1.46 bits per heavy atom. The number of furan rings is 1. The minimum absolute atomic E-state index is 0. The van der Waals surface area contributed by atoms with Gasteiger partial charge in [0.2, 0.25) is 0 Å². The predicted octanol–water partition coefficient (Wildman–Crippen LogP) is 12.9. The molecule has 6 heteroatoms. The van der Waals surface area contributed by atoms with Crippen LogP contribution in [0.15, 0.2) is 144 Å². The first kappa shape index (κ1) is 37.5. The standard InChI is InChI=1S/C33H23N2O.C17H22NSi.Ir/c1-21-19-24(23-11-4-3-5-12-23)20-22(2)31(21)35-29-17-8-7-16-28(29)34-33(35)27-15-10-14-26-25-13-6-9-18-30(25)36-32(26)27;1-13(2)14-6-8-15(9-7-14)17-11-10-16(12-18-17)19(3,4)5;/h3-14,16-20H,1-2H3;6-8,10-13H,1-5H3;/q2*-1;/i;13D;. The number of benzene rings is 6. The molecule has 0 aliphatic heterocycles. The fraction of sp³-hybridized carbons (Fsp3) is 0.160. The van der Waals surface area contributed by atoms with Crippen molar-refractivity contribution in [1.29, 1.82) is 0 Å². The Kier molecular flexibility index (Phi) is 10.7. The molecule has 0 bridgehead atoms. The molecule has 1 radical (unpaired) electrons. The number of nitrogens with zero attached hydrogens (tertiary/aromatic N) is 3. The van der Waals surface area contributed by atoms with Crippen LogP contribution in [0, 0.1) is 26.0 Å². The average molecular weight is 925 g/mol. The number of pyridine rings is 1. The third kappa shape index (κ3) is 7.57. The SMILES string of the molecule is Cc1cc(-c2ccccc2)cc(C)c1-n1c(-c2[c-]ccc3c2oc2ccccc23)nc2ccccc21.[2H]C(C)(C)c1c[c-]c(-c2ccc([Si](C)(C)C)cn2)cc1.[Ir]. The molecule has 6 aromatic carbocycles. The van der Waals surface area contributed by atoms with E-state index >= 15 is 0 Å². The van der Waals surface area contributed by atoms with Gasteiger partial charge in [-0.1, -0.05) is 123 Å². The van der Waals surface area contributed by atoms with Crippen LogP contribution in [0.4, 0.5) is 0 Å². The van der Waals surface area contributed by atoms with Gasteiger partial charge in [-0.25, -0.2) is 0 Å². The summed E-state index contributed by atoms with van der Waals surface area (Å²) in [6.07, 6.45) is 2.00. The zero-order valence-corrected chi connectivity index (χ0v) is 36.3. The number of aromatic nitrogens is 3. The van der Waals surface area contributed by atoms with Crippen molar-refractivity contribution in [3.63, 3.8) is 0 Å². The molecule has 9 aromatic rings. The second kappa shape index (κ2) is 16.0. The van der Waals surface area contributed by atoms with Crippen LogP contribution < -0.4 is 5.19 Å². The Morgan fingerprint density at radius 3 is 2.14 bits per heavy atom. The van der Waals surface area contributed by atoms with Crippen LogP contribution in [0.3, 0.4) is 0 Å². The summed E-state index contributed by atoms with van der Waals surface area (Å²) in [5, 5.41) is 3.54. The largest absolute Gasteiger partial charge is 0.501 e. The van der Waals surface area contributed by atoms with Gasteiger partial charge in [-0.15, -0.1) is 53.6 Å². The first-order valence-corrected chi connectivity index (χ1v) is 22.3. The van der Waals surface area contributed by atoms with Gasteiger partial charge >= 0.3 is 0 Å². The Balaban J connectivity index is 0.000000202.